The number of anilines is 1. The Morgan fingerprint density at radius 1 is 0.849 bits per heavy atom. The van der Waals surface area contributed by atoms with E-state index >= 15 is 0 Å². The summed E-state index contributed by atoms with van der Waals surface area (Å²) in [6.07, 6.45) is -0.882. The first kappa shape index (κ1) is 38.3. The average molecular weight is 762 g/mol. The number of β-lactam (4-membered cyclic amide) rings is 1. The number of rotatable bonds is 9. The van der Waals surface area contributed by atoms with Crippen molar-refractivity contribution in [3.05, 3.63) is 94.2 Å². The van der Waals surface area contributed by atoms with Gasteiger partial charge in [0.05, 0.1) is 18.1 Å². The van der Waals surface area contributed by atoms with Crippen molar-refractivity contribution in [3.8, 4) is 11.1 Å². The standard InChI is InChI=1S/C40H40N4O7.2ClH/c1-22-34(37(40(50)51)42-36(22)35(24(3)46)39(42)49)27-7-11-30-31(19-27)29-10-4-25(18-32(29)38(30)48)20-43-12-15-44(16-13-43,17-14-43)21-33(47)41-28-8-5-26(6-9-28)23(2)45;;/h4-11,18-19,22,24,35-36,46H,12-17,20-21H2,1-3H3;2*1H/t22-,24+,35+,36+,43?,44?;;/m0../s1. The largest absolute Gasteiger partial charge is 1.00 e. The van der Waals surface area contributed by atoms with Crippen molar-refractivity contribution < 1.29 is 68.0 Å². The lowest BCUT2D eigenvalue weighted by Gasteiger charge is -2.55. The number of hydrogen-bond donors (Lipinski definition) is 3. The van der Waals surface area contributed by atoms with Gasteiger partial charge in [-0.2, -0.15) is 0 Å². The molecule has 5 heterocycles. The Balaban J connectivity index is 0.00000240. The molecule has 278 valence electrons. The topological polar surface area (TPSA) is 141 Å². The molecule has 4 fully saturated rings. The van der Waals surface area contributed by atoms with E-state index in [0.717, 1.165) is 71.5 Å². The van der Waals surface area contributed by atoms with Crippen LogP contribution in [0.2, 0.25) is 0 Å². The number of aliphatic hydroxyl groups excluding tert-OH is 1. The van der Waals surface area contributed by atoms with E-state index < -0.39 is 24.0 Å². The van der Waals surface area contributed by atoms with E-state index in [2.05, 4.69) is 11.4 Å². The van der Waals surface area contributed by atoms with Crippen LogP contribution in [0.5, 0.6) is 0 Å². The van der Waals surface area contributed by atoms with E-state index in [1.807, 2.05) is 25.1 Å². The molecule has 0 spiro atoms. The van der Waals surface area contributed by atoms with Crippen molar-refractivity contribution in [2.24, 2.45) is 11.8 Å². The van der Waals surface area contributed by atoms with Gasteiger partial charge in [-0.1, -0.05) is 25.1 Å². The van der Waals surface area contributed by atoms with Crippen LogP contribution in [0.4, 0.5) is 5.69 Å². The summed E-state index contributed by atoms with van der Waals surface area (Å²) in [5.74, 6) is -2.59. The number of Topliss-reactive ketones (excluding diaryl/α,β-unsaturated/α-hetero) is 1. The van der Waals surface area contributed by atoms with E-state index in [0.29, 0.717) is 40.1 Å². The zero-order valence-corrected chi connectivity index (χ0v) is 31.3. The summed E-state index contributed by atoms with van der Waals surface area (Å²) >= 11 is 0. The number of piperazine rings is 3. The van der Waals surface area contributed by atoms with Crippen LogP contribution in [0.3, 0.4) is 0 Å². The highest BCUT2D eigenvalue weighted by molar-refractivity contribution is 6.22. The third-order valence-corrected chi connectivity index (χ3v) is 12.3. The molecule has 2 bridgehead atoms. The van der Waals surface area contributed by atoms with Crippen molar-refractivity contribution in [1.29, 1.82) is 0 Å². The molecule has 53 heavy (non-hydrogen) atoms. The van der Waals surface area contributed by atoms with Crippen LogP contribution >= 0.6 is 0 Å². The lowest BCUT2D eigenvalue weighted by molar-refractivity contribution is -1.08. The zero-order valence-electron chi connectivity index (χ0n) is 29.8. The summed E-state index contributed by atoms with van der Waals surface area (Å²) in [4.78, 5) is 65.0. The number of halogens is 2. The number of amides is 2. The Bertz CT molecular complexity index is 2070. The summed E-state index contributed by atoms with van der Waals surface area (Å²) in [6.45, 7) is 11.8. The van der Waals surface area contributed by atoms with Gasteiger partial charge in [0.25, 0.3) is 5.91 Å². The summed E-state index contributed by atoms with van der Waals surface area (Å²) in [7, 11) is 0. The SMILES string of the molecule is CC(=O)c1ccc(NC(=O)C[N+]23CC[N+](Cc4ccc5c(c4)C(=O)c4ccc(C6=C(C(=O)O)N7C(=O)[C@H]([C@@H](C)O)[C@H]7[C@H]6C)cc4-5)(CC2)CC3)cc1.[Cl-].[Cl-]. The maximum Gasteiger partial charge on any atom is 0.352 e. The quantitative estimate of drug-likeness (QED) is 0.0980. The summed E-state index contributed by atoms with van der Waals surface area (Å²) in [5, 5.41) is 23.4. The first-order chi connectivity index (χ1) is 24.3. The van der Waals surface area contributed by atoms with Crippen molar-refractivity contribution >= 4 is 40.6 Å². The number of ketones is 2. The zero-order chi connectivity index (χ0) is 36.0. The Hall–Kier alpha value is -4.39. The minimum atomic E-state index is -1.18. The highest BCUT2D eigenvalue weighted by atomic mass is 35.5. The second-order valence-corrected chi connectivity index (χ2v) is 15.3. The van der Waals surface area contributed by atoms with Crippen molar-refractivity contribution in [2.75, 3.05) is 51.1 Å². The number of benzene rings is 3. The van der Waals surface area contributed by atoms with E-state index in [9.17, 15) is 34.2 Å². The molecule has 4 saturated heterocycles. The molecule has 2 amide bonds. The van der Waals surface area contributed by atoms with Gasteiger partial charge in [0.15, 0.2) is 18.1 Å². The third-order valence-electron chi connectivity index (χ3n) is 12.3. The second kappa shape index (κ2) is 13.8. The maximum absolute atomic E-state index is 13.7. The first-order valence-electron chi connectivity index (χ1n) is 17.7. The maximum atomic E-state index is 13.7. The number of aliphatic carboxylic acids is 1. The molecule has 11 nitrogen and oxygen atoms in total. The summed E-state index contributed by atoms with van der Waals surface area (Å²) in [5.41, 5.74) is 6.36. The molecule has 5 aliphatic heterocycles. The predicted octanol–water partition coefficient (Wildman–Crippen LogP) is -2.44. The number of hydrogen-bond acceptors (Lipinski definition) is 6. The number of nitrogens with one attached hydrogen (secondary N) is 1. The van der Waals surface area contributed by atoms with Crippen LogP contribution in [-0.2, 0) is 20.9 Å². The molecule has 3 N–H and O–H groups in total. The fourth-order valence-electron chi connectivity index (χ4n) is 9.44. The number of carboxylic acids is 1. The summed E-state index contributed by atoms with van der Waals surface area (Å²) < 4.78 is 1.69. The highest BCUT2D eigenvalue weighted by Crippen LogP contribution is 2.51. The number of quaternary nitrogens is 2. The number of carbonyl (C=O) groups excluding carboxylic acids is 4. The smallest absolute Gasteiger partial charge is 0.352 e. The molecular weight excluding hydrogens is 719 g/mol. The van der Waals surface area contributed by atoms with E-state index in [-0.39, 0.29) is 59.8 Å². The van der Waals surface area contributed by atoms with Crippen LogP contribution in [0.25, 0.3) is 16.7 Å². The second-order valence-electron chi connectivity index (χ2n) is 15.3. The van der Waals surface area contributed by atoms with Crippen molar-refractivity contribution in [1.82, 2.24) is 4.90 Å². The molecule has 0 aromatic heterocycles. The van der Waals surface area contributed by atoms with Gasteiger partial charge < -0.3 is 54.2 Å². The van der Waals surface area contributed by atoms with Crippen LogP contribution in [0.1, 0.15) is 58.2 Å². The first-order valence-corrected chi connectivity index (χ1v) is 17.7. The van der Waals surface area contributed by atoms with Crippen LogP contribution < -0.4 is 30.1 Å². The van der Waals surface area contributed by atoms with Crippen LogP contribution in [-0.4, -0.2) is 111 Å². The molecule has 6 aliphatic rings. The Labute approximate surface area is 320 Å². The molecule has 0 saturated carbocycles. The van der Waals surface area contributed by atoms with Gasteiger partial charge in [-0.15, -0.1) is 0 Å². The Kier molecular flexibility index (Phi) is 9.97. The average Bonchev–Trinajstić information content (AvgIpc) is 3.52. The summed E-state index contributed by atoms with van der Waals surface area (Å²) in [6, 6.07) is 18.1. The highest BCUT2D eigenvalue weighted by Gasteiger charge is 2.60. The molecule has 0 radical (unpaired) electrons. The monoisotopic (exact) mass is 760 g/mol. The van der Waals surface area contributed by atoms with E-state index in [1.165, 1.54) is 11.8 Å². The van der Waals surface area contributed by atoms with Gasteiger partial charge in [-0.3, -0.25) is 19.2 Å². The number of nitrogens with zero attached hydrogens (tertiary/aromatic N) is 3. The minimum absolute atomic E-state index is 0. The third kappa shape index (κ3) is 6.18. The molecule has 3 aromatic rings. The van der Waals surface area contributed by atoms with Gasteiger partial charge in [0.2, 0.25) is 5.91 Å². The molecule has 1 aliphatic carbocycles. The van der Waals surface area contributed by atoms with Gasteiger partial charge in [0, 0.05) is 33.9 Å². The number of fused-ring (bicyclic) bond motifs is 7. The van der Waals surface area contributed by atoms with E-state index in [1.54, 1.807) is 43.3 Å². The fourth-order valence-corrected chi connectivity index (χ4v) is 9.44. The lowest BCUT2D eigenvalue weighted by atomic mass is 9.76. The normalized spacial score (nSPS) is 26.8. The molecule has 3 aromatic carbocycles. The van der Waals surface area contributed by atoms with Gasteiger partial charge in [-0.05, 0) is 78.6 Å². The number of carboxylic acid groups (broad SMARTS) is 1. The van der Waals surface area contributed by atoms with E-state index in [4.69, 9.17) is 0 Å². The predicted molar refractivity (Wildman–Crippen MR) is 188 cm³/mol. The van der Waals surface area contributed by atoms with Crippen molar-refractivity contribution in [3.63, 3.8) is 0 Å². The van der Waals surface area contributed by atoms with Gasteiger partial charge in [0.1, 0.15) is 51.5 Å². The van der Waals surface area contributed by atoms with Gasteiger partial charge >= 0.3 is 5.97 Å². The number of aliphatic hydroxyl groups is 1. The molecule has 0 unspecified atom stereocenters. The minimum Gasteiger partial charge on any atom is -1.00 e. The molecule has 13 heteroatoms. The van der Waals surface area contributed by atoms with Crippen molar-refractivity contribution in [2.45, 2.75) is 39.5 Å². The van der Waals surface area contributed by atoms with Crippen LogP contribution in [0, 0.1) is 11.8 Å². The molecule has 4 atom stereocenters. The Morgan fingerprint density at radius 3 is 2.08 bits per heavy atom. The lowest BCUT2D eigenvalue weighted by Crippen LogP contribution is -3.00. The molecule has 9 rings (SSSR count). The fraction of sp³-hybridized carbons (Fsp3) is 0.375. The Morgan fingerprint density at radius 2 is 1.47 bits per heavy atom. The number of carbonyl (C=O) groups is 5. The van der Waals surface area contributed by atoms with Gasteiger partial charge in [-0.25, -0.2) is 4.79 Å². The molecular formula is C40H42Cl2N4O7. The van der Waals surface area contributed by atoms with Crippen LogP contribution in [0.15, 0.2) is 66.4 Å².